The van der Waals surface area contributed by atoms with Crippen LogP contribution in [0.25, 0.3) is 0 Å². The van der Waals surface area contributed by atoms with Crippen LogP contribution in [0.15, 0.2) is 18.2 Å². The van der Waals surface area contributed by atoms with Gasteiger partial charge in [-0.15, -0.1) is 0 Å². The predicted molar refractivity (Wildman–Crippen MR) is 73.6 cm³/mol. The van der Waals surface area contributed by atoms with Crippen molar-refractivity contribution in [2.24, 2.45) is 0 Å². The summed E-state index contributed by atoms with van der Waals surface area (Å²) in [5, 5.41) is 2.87. The first-order valence-electron chi connectivity index (χ1n) is 6.38. The molecule has 0 saturated carbocycles. The van der Waals surface area contributed by atoms with Gasteiger partial charge in [0, 0.05) is 13.1 Å². The Morgan fingerprint density at radius 3 is 2.75 bits per heavy atom. The molecule has 0 spiro atoms. The molecule has 2 heterocycles. The van der Waals surface area contributed by atoms with Gasteiger partial charge in [-0.3, -0.25) is 9.59 Å². The lowest BCUT2D eigenvalue weighted by Crippen LogP contribution is -2.50. The van der Waals surface area contributed by atoms with E-state index in [2.05, 4.69) is 10.3 Å². The van der Waals surface area contributed by atoms with Crippen LogP contribution in [-0.2, 0) is 9.53 Å². The quantitative estimate of drug-likeness (QED) is 0.834. The Bertz CT molecular complexity index is 503. The molecule has 2 rings (SSSR count). The molecule has 0 bridgehead atoms. The van der Waals surface area contributed by atoms with Crippen molar-refractivity contribution in [2.45, 2.75) is 13.0 Å². The van der Waals surface area contributed by atoms with E-state index in [1.807, 2.05) is 0 Å². The highest BCUT2D eigenvalue weighted by atomic mass is 35.5. The third-order valence-corrected chi connectivity index (χ3v) is 3.20. The number of morpholine rings is 1. The van der Waals surface area contributed by atoms with Crippen LogP contribution < -0.4 is 5.32 Å². The van der Waals surface area contributed by atoms with Crippen molar-refractivity contribution < 1.29 is 14.3 Å². The second-order valence-electron chi connectivity index (χ2n) is 4.48. The fourth-order valence-corrected chi connectivity index (χ4v) is 2.09. The molecule has 1 N–H and O–H groups in total. The van der Waals surface area contributed by atoms with E-state index < -0.39 is 11.9 Å². The van der Waals surface area contributed by atoms with Gasteiger partial charge in [0.25, 0.3) is 5.91 Å². The average molecular weight is 298 g/mol. The minimum Gasteiger partial charge on any atom is -0.378 e. The van der Waals surface area contributed by atoms with Crippen LogP contribution in [-0.4, -0.2) is 54.0 Å². The molecule has 108 valence electrons. The molecule has 7 heteroatoms. The van der Waals surface area contributed by atoms with Crippen LogP contribution in [0, 0.1) is 0 Å². The van der Waals surface area contributed by atoms with E-state index in [0.29, 0.717) is 26.3 Å². The number of hydrogen-bond donors (Lipinski definition) is 1. The van der Waals surface area contributed by atoms with Gasteiger partial charge in [0.05, 0.1) is 13.2 Å². The number of hydrogen-bond acceptors (Lipinski definition) is 4. The largest absolute Gasteiger partial charge is 0.378 e. The summed E-state index contributed by atoms with van der Waals surface area (Å²) < 4.78 is 5.19. The first kappa shape index (κ1) is 14.7. The van der Waals surface area contributed by atoms with Crippen LogP contribution >= 0.6 is 11.6 Å². The average Bonchev–Trinajstić information content (AvgIpc) is 2.47. The van der Waals surface area contributed by atoms with Gasteiger partial charge in [0.15, 0.2) is 0 Å². The van der Waals surface area contributed by atoms with Gasteiger partial charge in [0.2, 0.25) is 5.91 Å². The first-order chi connectivity index (χ1) is 9.58. The second kappa shape index (κ2) is 6.67. The van der Waals surface area contributed by atoms with E-state index in [-0.39, 0.29) is 16.8 Å². The zero-order chi connectivity index (χ0) is 14.5. The molecule has 1 aromatic rings. The van der Waals surface area contributed by atoms with Crippen molar-refractivity contribution in [3.8, 4) is 0 Å². The van der Waals surface area contributed by atoms with Gasteiger partial charge in [-0.2, -0.15) is 0 Å². The van der Waals surface area contributed by atoms with E-state index in [4.69, 9.17) is 16.3 Å². The highest BCUT2D eigenvalue weighted by Gasteiger charge is 2.24. The summed E-state index contributed by atoms with van der Waals surface area (Å²) in [6.07, 6.45) is 0. The summed E-state index contributed by atoms with van der Waals surface area (Å²) in [4.78, 5) is 29.7. The molecular formula is C13H16ClN3O3. The number of nitrogens with zero attached hydrogens (tertiary/aromatic N) is 2. The standard InChI is InChI=1S/C13H16ClN3O3/c1-9(13(19)17-5-7-20-8-6-17)15-12(18)10-3-2-4-11(14)16-10/h2-4,9H,5-8H2,1H3,(H,15,18). The zero-order valence-corrected chi connectivity index (χ0v) is 11.9. The number of amides is 2. The minimum atomic E-state index is -0.610. The maximum atomic E-state index is 12.1. The number of carbonyl (C=O) groups excluding carboxylic acids is 2. The highest BCUT2D eigenvalue weighted by Crippen LogP contribution is 2.06. The normalized spacial score (nSPS) is 16.6. The van der Waals surface area contributed by atoms with Crippen LogP contribution in [0.2, 0.25) is 5.15 Å². The first-order valence-corrected chi connectivity index (χ1v) is 6.75. The molecule has 1 saturated heterocycles. The number of ether oxygens (including phenoxy) is 1. The number of halogens is 1. The van der Waals surface area contributed by atoms with Crippen molar-refractivity contribution in [3.63, 3.8) is 0 Å². The van der Waals surface area contributed by atoms with Gasteiger partial charge in [0.1, 0.15) is 16.9 Å². The fourth-order valence-electron chi connectivity index (χ4n) is 1.92. The maximum absolute atomic E-state index is 12.1. The van der Waals surface area contributed by atoms with E-state index in [0.717, 1.165) is 0 Å². The molecule has 1 atom stereocenters. The SMILES string of the molecule is CC(NC(=O)c1cccc(Cl)n1)C(=O)N1CCOCC1. The number of pyridine rings is 1. The van der Waals surface area contributed by atoms with Gasteiger partial charge in [-0.05, 0) is 19.1 Å². The van der Waals surface area contributed by atoms with E-state index in [1.54, 1.807) is 30.0 Å². The molecule has 0 radical (unpaired) electrons. The fraction of sp³-hybridized carbons (Fsp3) is 0.462. The van der Waals surface area contributed by atoms with Crippen molar-refractivity contribution >= 4 is 23.4 Å². The molecule has 2 amide bonds. The van der Waals surface area contributed by atoms with Gasteiger partial charge >= 0.3 is 0 Å². The van der Waals surface area contributed by atoms with Gasteiger partial charge < -0.3 is 15.0 Å². The number of aromatic nitrogens is 1. The molecular weight excluding hydrogens is 282 g/mol. The summed E-state index contributed by atoms with van der Waals surface area (Å²) in [7, 11) is 0. The molecule has 20 heavy (non-hydrogen) atoms. The van der Waals surface area contributed by atoms with Gasteiger partial charge in [-0.25, -0.2) is 4.98 Å². The summed E-state index contributed by atoms with van der Waals surface area (Å²) in [6, 6.07) is 4.16. The predicted octanol–water partition coefficient (Wildman–Crippen LogP) is 0.712. The van der Waals surface area contributed by atoms with Crippen molar-refractivity contribution in [2.75, 3.05) is 26.3 Å². The summed E-state index contributed by atoms with van der Waals surface area (Å²) in [5.74, 6) is -0.537. The summed E-state index contributed by atoms with van der Waals surface area (Å²) >= 11 is 5.73. The maximum Gasteiger partial charge on any atom is 0.270 e. The number of carbonyl (C=O) groups is 2. The van der Waals surface area contributed by atoms with Crippen LogP contribution in [0.1, 0.15) is 17.4 Å². The van der Waals surface area contributed by atoms with E-state index in [1.165, 1.54) is 0 Å². The lowest BCUT2D eigenvalue weighted by Gasteiger charge is -2.29. The van der Waals surface area contributed by atoms with Crippen molar-refractivity contribution in [1.82, 2.24) is 15.2 Å². The molecule has 1 fully saturated rings. The second-order valence-corrected chi connectivity index (χ2v) is 4.87. The smallest absolute Gasteiger partial charge is 0.270 e. The van der Waals surface area contributed by atoms with Crippen LogP contribution in [0.4, 0.5) is 0 Å². The lowest BCUT2D eigenvalue weighted by molar-refractivity contribution is -0.136. The lowest BCUT2D eigenvalue weighted by atomic mass is 10.2. The molecule has 1 unspecified atom stereocenters. The zero-order valence-electron chi connectivity index (χ0n) is 11.1. The molecule has 6 nitrogen and oxygen atoms in total. The monoisotopic (exact) mass is 297 g/mol. The van der Waals surface area contributed by atoms with Crippen LogP contribution in [0.5, 0.6) is 0 Å². The Kier molecular flexibility index (Phi) is 4.92. The number of nitrogens with one attached hydrogen (secondary N) is 1. The van der Waals surface area contributed by atoms with Crippen molar-refractivity contribution in [3.05, 3.63) is 29.0 Å². The Morgan fingerprint density at radius 2 is 2.10 bits per heavy atom. The Morgan fingerprint density at radius 1 is 1.40 bits per heavy atom. The Balaban J connectivity index is 1.94. The highest BCUT2D eigenvalue weighted by molar-refractivity contribution is 6.29. The Hall–Kier alpha value is -1.66. The molecule has 0 aliphatic carbocycles. The van der Waals surface area contributed by atoms with Gasteiger partial charge in [-0.1, -0.05) is 17.7 Å². The Labute approximate surface area is 122 Å². The van der Waals surface area contributed by atoms with Crippen molar-refractivity contribution in [1.29, 1.82) is 0 Å². The topological polar surface area (TPSA) is 71.5 Å². The molecule has 1 aromatic heterocycles. The molecule has 1 aliphatic heterocycles. The van der Waals surface area contributed by atoms with E-state index in [9.17, 15) is 9.59 Å². The number of rotatable bonds is 3. The van der Waals surface area contributed by atoms with E-state index >= 15 is 0 Å². The van der Waals surface area contributed by atoms with Crippen LogP contribution in [0.3, 0.4) is 0 Å². The minimum absolute atomic E-state index is 0.122. The molecule has 0 aromatic carbocycles. The summed E-state index contributed by atoms with van der Waals surface area (Å²) in [6.45, 7) is 3.81. The third kappa shape index (κ3) is 3.68. The molecule has 1 aliphatic rings. The summed E-state index contributed by atoms with van der Waals surface area (Å²) in [5.41, 5.74) is 0.194. The third-order valence-electron chi connectivity index (χ3n) is 2.99.